The molecule has 0 nitrogen and oxygen atoms in total. The van der Waals surface area contributed by atoms with Crippen LogP contribution in [-0.4, -0.2) is 8.07 Å². The van der Waals surface area contributed by atoms with E-state index in [4.69, 9.17) is 0 Å². The number of fused-ring (bicyclic) bond motifs is 3. The minimum Gasteiger partial charge on any atom is -0.127 e. The second-order valence-corrected chi connectivity index (χ2v) is 11.4. The fraction of sp³-hybridized carbons (Fsp3) is 0.200. The zero-order valence-corrected chi connectivity index (χ0v) is 13.9. The molecule has 0 aliphatic heterocycles. The van der Waals surface area contributed by atoms with Gasteiger partial charge in [0.15, 0.2) is 0 Å². The summed E-state index contributed by atoms with van der Waals surface area (Å²) in [4.78, 5) is 0. The zero-order valence-electron chi connectivity index (χ0n) is 12.9. The summed E-state index contributed by atoms with van der Waals surface area (Å²) >= 11 is 0. The van der Waals surface area contributed by atoms with Gasteiger partial charge in [0.05, 0.1) is 0 Å². The molecule has 2 aromatic rings. The molecule has 0 saturated carbocycles. The van der Waals surface area contributed by atoms with Crippen LogP contribution in [0.3, 0.4) is 0 Å². The van der Waals surface area contributed by atoms with Gasteiger partial charge < -0.3 is 0 Å². The van der Waals surface area contributed by atoms with Gasteiger partial charge in [-0.05, 0) is 46.4 Å². The summed E-state index contributed by atoms with van der Waals surface area (Å²) in [5.41, 5.74) is 10.2. The average molecular weight is 288 g/mol. The van der Waals surface area contributed by atoms with Crippen molar-refractivity contribution in [2.45, 2.75) is 26.1 Å². The molecule has 1 aliphatic rings. The number of hydrogen-bond donors (Lipinski definition) is 0. The third kappa shape index (κ3) is 3.17. The highest BCUT2D eigenvalue weighted by atomic mass is 28.3. The van der Waals surface area contributed by atoms with Crippen molar-refractivity contribution in [2.75, 3.05) is 0 Å². The van der Waals surface area contributed by atoms with Gasteiger partial charge in [-0.2, -0.15) is 0 Å². The lowest BCUT2D eigenvalue weighted by molar-refractivity contribution is 1.26. The summed E-state index contributed by atoms with van der Waals surface area (Å²) in [7, 11) is -1.27. The Morgan fingerprint density at radius 1 is 0.952 bits per heavy atom. The molecule has 1 heteroatoms. The Morgan fingerprint density at radius 2 is 1.71 bits per heavy atom. The normalized spacial score (nSPS) is 12.7. The summed E-state index contributed by atoms with van der Waals surface area (Å²) in [6, 6.07) is 15.4. The molecule has 0 unspecified atom stereocenters. The van der Waals surface area contributed by atoms with Crippen LogP contribution in [0, 0.1) is 11.5 Å². The van der Waals surface area contributed by atoms with Gasteiger partial charge in [-0.25, -0.2) is 0 Å². The number of rotatable bonds is 1. The summed E-state index contributed by atoms with van der Waals surface area (Å²) in [5, 5.41) is 0. The third-order valence-corrected chi connectivity index (χ3v) is 4.52. The van der Waals surface area contributed by atoms with Crippen LogP contribution >= 0.6 is 0 Å². The summed E-state index contributed by atoms with van der Waals surface area (Å²) in [5.74, 6) is 3.19. The van der Waals surface area contributed by atoms with Crippen LogP contribution in [0.15, 0.2) is 48.5 Å². The van der Waals surface area contributed by atoms with Crippen LogP contribution in [0.1, 0.15) is 16.7 Å². The predicted molar refractivity (Wildman–Crippen MR) is 94.8 cm³/mol. The molecule has 0 saturated heterocycles. The predicted octanol–water partition coefficient (Wildman–Crippen LogP) is 5.15. The van der Waals surface area contributed by atoms with Gasteiger partial charge in [-0.3, -0.25) is 0 Å². The molecule has 0 aromatic heterocycles. The summed E-state index contributed by atoms with van der Waals surface area (Å²) in [6.45, 7) is 6.79. The van der Waals surface area contributed by atoms with Crippen molar-refractivity contribution >= 4 is 14.1 Å². The van der Waals surface area contributed by atoms with Crippen molar-refractivity contribution < 1.29 is 0 Å². The Labute approximate surface area is 128 Å². The lowest BCUT2D eigenvalue weighted by Gasteiger charge is -2.02. The SMILES string of the molecule is C[Si](C)(C)C#C/C=C\c1ccc2c(c1)Cc1ccccc1-2. The minimum absolute atomic E-state index is 1.05. The Balaban J connectivity index is 1.84. The molecule has 3 rings (SSSR count). The van der Waals surface area contributed by atoms with Gasteiger partial charge in [0.25, 0.3) is 0 Å². The molecule has 1 aliphatic carbocycles. The first kappa shape index (κ1) is 13.9. The fourth-order valence-corrected chi connectivity index (χ4v) is 3.18. The smallest absolute Gasteiger partial charge is 0.127 e. The van der Waals surface area contributed by atoms with Gasteiger partial charge >= 0.3 is 0 Å². The van der Waals surface area contributed by atoms with E-state index in [9.17, 15) is 0 Å². The first-order valence-electron chi connectivity index (χ1n) is 7.43. The van der Waals surface area contributed by atoms with Gasteiger partial charge in [-0.15, -0.1) is 5.54 Å². The van der Waals surface area contributed by atoms with Crippen molar-refractivity contribution in [1.29, 1.82) is 0 Å². The Morgan fingerprint density at radius 3 is 2.52 bits per heavy atom. The highest BCUT2D eigenvalue weighted by Gasteiger charge is 2.17. The minimum atomic E-state index is -1.27. The third-order valence-electron chi connectivity index (χ3n) is 3.62. The van der Waals surface area contributed by atoms with Crippen molar-refractivity contribution in [3.05, 3.63) is 65.2 Å². The molecule has 0 atom stereocenters. The molecule has 0 N–H and O–H groups in total. The van der Waals surface area contributed by atoms with Crippen LogP contribution in [0.4, 0.5) is 0 Å². The van der Waals surface area contributed by atoms with Crippen molar-refractivity contribution in [2.24, 2.45) is 0 Å². The van der Waals surface area contributed by atoms with Gasteiger partial charge in [-0.1, -0.05) is 68.0 Å². The monoisotopic (exact) mass is 288 g/mol. The first-order chi connectivity index (χ1) is 10.0. The highest BCUT2D eigenvalue weighted by molar-refractivity contribution is 6.83. The largest absolute Gasteiger partial charge is 0.129 e. The molecular formula is C20H20Si. The van der Waals surface area contributed by atoms with E-state index in [1.54, 1.807) is 0 Å². The lowest BCUT2D eigenvalue weighted by atomic mass is 10.0. The number of allylic oxidation sites excluding steroid dienone is 1. The van der Waals surface area contributed by atoms with E-state index in [2.05, 4.69) is 79.6 Å². The average Bonchev–Trinajstić information content (AvgIpc) is 2.80. The maximum atomic E-state index is 3.36. The zero-order chi connectivity index (χ0) is 14.9. The van der Waals surface area contributed by atoms with E-state index < -0.39 is 8.07 Å². The quantitative estimate of drug-likeness (QED) is 0.429. The van der Waals surface area contributed by atoms with Gasteiger partial charge in [0.2, 0.25) is 0 Å². The Kier molecular flexibility index (Phi) is 3.57. The maximum Gasteiger partial charge on any atom is 0.129 e. The number of benzene rings is 2. The molecular weight excluding hydrogens is 268 g/mol. The van der Waals surface area contributed by atoms with E-state index >= 15 is 0 Å². The van der Waals surface area contributed by atoms with E-state index in [1.165, 1.54) is 27.8 Å². The standard InChI is InChI=1S/C20H20Si/c1-21(2,3)13-7-6-8-16-11-12-20-18(14-16)15-17-9-4-5-10-19(17)20/h4-6,8-12,14H,15H2,1-3H3/b8-6-. The van der Waals surface area contributed by atoms with E-state index in [0.29, 0.717) is 0 Å². The van der Waals surface area contributed by atoms with Gasteiger partial charge in [0, 0.05) is 0 Å². The van der Waals surface area contributed by atoms with Crippen molar-refractivity contribution in [3.63, 3.8) is 0 Å². The molecule has 104 valence electrons. The van der Waals surface area contributed by atoms with E-state index in [0.717, 1.165) is 6.42 Å². The number of hydrogen-bond acceptors (Lipinski definition) is 0. The van der Waals surface area contributed by atoms with Crippen LogP contribution in [0.5, 0.6) is 0 Å². The van der Waals surface area contributed by atoms with Crippen molar-refractivity contribution in [3.8, 4) is 22.6 Å². The lowest BCUT2D eigenvalue weighted by Crippen LogP contribution is -2.16. The second kappa shape index (κ2) is 5.39. The highest BCUT2D eigenvalue weighted by Crippen LogP contribution is 2.36. The van der Waals surface area contributed by atoms with E-state index in [1.807, 2.05) is 6.08 Å². The molecule has 2 aromatic carbocycles. The molecule has 0 bridgehead atoms. The van der Waals surface area contributed by atoms with Crippen LogP contribution in [0.2, 0.25) is 19.6 Å². The van der Waals surface area contributed by atoms with E-state index in [-0.39, 0.29) is 0 Å². The molecule has 0 amide bonds. The molecule has 0 spiro atoms. The summed E-state index contributed by atoms with van der Waals surface area (Å²) < 4.78 is 0. The second-order valence-electron chi connectivity index (χ2n) is 6.60. The first-order valence-corrected chi connectivity index (χ1v) is 10.9. The van der Waals surface area contributed by atoms with Crippen LogP contribution in [-0.2, 0) is 6.42 Å². The Hall–Kier alpha value is -2.04. The van der Waals surface area contributed by atoms with Crippen LogP contribution in [0.25, 0.3) is 17.2 Å². The molecule has 0 radical (unpaired) electrons. The summed E-state index contributed by atoms with van der Waals surface area (Å²) in [6.07, 6.45) is 5.16. The van der Waals surface area contributed by atoms with Crippen molar-refractivity contribution in [1.82, 2.24) is 0 Å². The van der Waals surface area contributed by atoms with Crippen LogP contribution < -0.4 is 0 Å². The Bertz CT molecular complexity index is 764. The molecule has 0 fully saturated rings. The topological polar surface area (TPSA) is 0 Å². The molecule has 21 heavy (non-hydrogen) atoms. The fourth-order valence-electron chi connectivity index (χ4n) is 2.66. The maximum absolute atomic E-state index is 3.36. The molecule has 0 heterocycles. The van der Waals surface area contributed by atoms with Gasteiger partial charge in [0.1, 0.15) is 8.07 Å².